The van der Waals surface area contributed by atoms with Crippen LogP contribution in [0, 0.1) is 5.82 Å². The summed E-state index contributed by atoms with van der Waals surface area (Å²) in [6.07, 6.45) is -1.73. The first kappa shape index (κ1) is 22.2. The Kier molecular flexibility index (Phi) is 7.49. The molecule has 0 aliphatic carbocycles. The van der Waals surface area contributed by atoms with E-state index >= 15 is 0 Å². The number of imidazole rings is 1. The summed E-state index contributed by atoms with van der Waals surface area (Å²) >= 11 is 0. The molecule has 0 amide bonds. The summed E-state index contributed by atoms with van der Waals surface area (Å²) in [6, 6.07) is 6.28. The smallest absolute Gasteiger partial charge is 0.370 e. The SMILES string of the molecule is I.NC(=NCc1nccn1CC(F)(F)F)N1CCN(c2ccc(F)cc2)CC1. The van der Waals surface area contributed by atoms with Crippen LogP contribution in [0.3, 0.4) is 0 Å². The molecule has 2 aromatic rings. The van der Waals surface area contributed by atoms with Crippen molar-refractivity contribution in [1.29, 1.82) is 0 Å². The molecule has 2 N–H and O–H groups in total. The lowest BCUT2D eigenvalue weighted by molar-refractivity contribution is -0.141. The third-order valence-electron chi connectivity index (χ3n) is 4.33. The lowest BCUT2D eigenvalue weighted by Gasteiger charge is -2.36. The van der Waals surface area contributed by atoms with Crippen molar-refractivity contribution in [3.8, 4) is 0 Å². The van der Waals surface area contributed by atoms with Gasteiger partial charge in [-0.15, -0.1) is 24.0 Å². The molecule has 1 aromatic heterocycles. The summed E-state index contributed by atoms with van der Waals surface area (Å²) < 4.78 is 51.7. The van der Waals surface area contributed by atoms with Gasteiger partial charge in [-0.2, -0.15) is 13.2 Å². The van der Waals surface area contributed by atoms with Crippen molar-refractivity contribution < 1.29 is 17.6 Å². The van der Waals surface area contributed by atoms with E-state index in [1.54, 1.807) is 12.1 Å². The number of aliphatic imine (C=N–C) groups is 1. The molecule has 154 valence electrons. The van der Waals surface area contributed by atoms with Crippen LogP contribution in [0.25, 0.3) is 0 Å². The van der Waals surface area contributed by atoms with Gasteiger partial charge in [-0.1, -0.05) is 0 Å². The number of aromatic nitrogens is 2. The van der Waals surface area contributed by atoms with Crippen LogP contribution in [0.2, 0.25) is 0 Å². The van der Waals surface area contributed by atoms with Gasteiger partial charge in [-0.25, -0.2) is 14.4 Å². The van der Waals surface area contributed by atoms with E-state index in [-0.39, 0.29) is 48.1 Å². The summed E-state index contributed by atoms with van der Waals surface area (Å²) in [4.78, 5) is 12.1. The van der Waals surface area contributed by atoms with E-state index in [1.807, 2.05) is 4.90 Å². The zero-order chi connectivity index (χ0) is 19.4. The van der Waals surface area contributed by atoms with Gasteiger partial charge >= 0.3 is 6.18 Å². The zero-order valence-corrected chi connectivity index (χ0v) is 17.3. The molecule has 0 bridgehead atoms. The van der Waals surface area contributed by atoms with Crippen molar-refractivity contribution >= 4 is 35.6 Å². The standard InChI is InChI=1S/C17H20F4N6.HI/c18-13-1-3-14(4-2-13)25-7-9-26(10-8-25)16(22)24-11-15-23-5-6-27(15)12-17(19,20)21;/h1-6H,7-12H2,(H2,22,24);1H. The van der Waals surface area contributed by atoms with Crippen LogP contribution >= 0.6 is 24.0 Å². The normalized spacial score (nSPS) is 15.5. The zero-order valence-electron chi connectivity index (χ0n) is 14.9. The molecule has 1 saturated heterocycles. The van der Waals surface area contributed by atoms with Crippen LogP contribution in [-0.4, -0.2) is 52.8 Å². The van der Waals surface area contributed by atoms with E-state index < -0.39 is 12.7 Å². The number of hydrogen-bond acceptors (Lipinski definition) is 3. The monoisotopic (exact) mass is 512 g/mol. The molecule has 1 fully saturated rings. The lowest BCUT2D eigenvalue weighted by Crippen LogP contribution is -2.51. The third-order valence-corrected chi connectivity index (χ3v) is 4.33. The number of nitrogens with two attached hydrogens (primary N) is 1. The molecule has 0 radical (unpaired) electrons. The average molecular weight is 512 g/mol. The van der Waals surface area contributed by atoms with Crippen LogP contribution in [0.5, 0.6) is 0 Å². The van der Waals surface area contributed by atoms with Crippen molar-refractivity contribution in [2.75, 3.05) is 31.1 Å². The number of halogens is 5. The summed E-state index contributed by atoms with van der Waals surface area (Å²) in [5, 5.41) is 0. The van der Waals surface area contributed by atoms with Crippen molar-refractivity contribution in [3.63, 3.8) is 0 Å². The Bertz CT molecular complexity index is 782. The highest BCUT2D eigenvalue weighted by molar-refractivity contribution is 14.0. The molecule has 2 heterocycles. The Morgan fingerprint density at radius 1 is 1.11 bits per heavy atom. The molecule has 11 heteroatoms. The fourth-order valence-corrected chi connectivity index (χ4v) is 2.93. The van der Waals surface area contributed by atoms with E-state index in [2.05, 4.69) is 14.9 Å². The van der Waals surface area contributed by atoms with E-state index in [0.717, 1.165) is 10.3 Å². The van der Waals surface area contributed by atoms with Gasteiger partial charge in [0.05, 0.1) is 0 Å². The second-order valence-corrected chi connectivity index (χ2v) is 6.21. The van der Waals surface area contributed by atoms with E-state index in [9.17, 15) is 17.6 Å². The highest BCUT2D eigenvalue weighted by atomic mass is 127. The highest BCUT2D eigenvalue weighted by Crippen LogP contribution is 2.19. The first-order valence-electron chi connectivity index (χ1n) is 8.44. The van der Waals surface area contributed by atoms with Gasteiger partial charge in [0, 0.05) is 44.3 Å². The van der Waals surface area contributed by atoms with Crippen molar-refractivity contribution in [2.24, 2.45) is 10.7 Å². The fraction of sp³-hybridized carbons (Fsp3) is 0.412. The Morgan fingerprint density at radius 2 is 1.75 bits per heavy atom. The van der Waals surface area contributed by atoms with Crippen molar-refractivity contribution in [2.45, 2.75) is 19.3 Å². The molecular formula is C17H21F4IN6. The molecule has 1 aromatic carbocycles. The van der Waals surface area contributed by atoms with Gasteiger partial charge in [0.25, 0.3) is 0 Å². The van der Waals surface area contributed by atoms with Gasteiger partial charge in [-0.05, 0) is 24.3 Å². The van der Waals surface area contributed by atoms with Crippen molar-refractivity contribution in [1.82, 2.24) is 14.5 Å². The first-order valence-corrected chi connectivity index (χ1v) is 8.44. The van der Waals surface area contributed by atoms with Crippen LogP contribution < -0.4 is 10.6 Å². The van der Waals surface area contributed by atoms with Gasteiger partial charge in [0.2, 0.25) is 0 Å². The van der Waals surface area contributed by atoms with E-state index in [0.29, 0.717) is 26.2 Å². The predicted molar refractivity (Wildman–Crippen MR) is 109 cm³/mol. The number of rotatable bonds is 4. The predicted octanol–water partition coefficient (Wildman–Crippen LogP) is 2.84. The summed E-state index contributed by atoms with van der Waals surface area (Å²) in [5.74, 6) is 0.202. The van der Waals surface area contributed by atoms with Gasteiger partial charge in [0.1, 0.15) is 24.7 Å². The third kappa shape index (κ3) is 5.97. The Morgan fingerprint density at radius 3 is 2.36 bits per heavy atom. The van der Waals surface area contributed by atoms with Crippen LogP contribution in [0.4, 0.5) is 23.2 Å². The second-order valence-electron chi connectivity index (χ2n) is 6.21. The van der Waals surface area contributed by atoms with E-state index in [4.69, 9.17) is 5.73 Å². The summed E-state index contributed by atoms with van der Waals surface area (Å²) in [7, 11) is 0. The molecule has 6 nitrogen and oxygen atoms in total. The molecule has 28 heavy (non-hydrogen) atoms. The average Bonchev–Trinajstić information content (AvgIpc) is 3.05. The number of anilines is 1. The lowest BCUT2D eigenvalue weighted by atomic mass is 10.2. The Hall–Kier alpha value is -2.05. The number of alkyl halides is 3. The number of piperazine rings is 1. The number of benzene rings is 1. The minimum atomic E-state index is -4.32. The minimum absolute atomic E-state index is 0. The number of hydrogen-bond donors (Lipinski definition) is 1. The number of nitrogens with zero attached hydrogens (tertiary/aromatic N) is 5. The Labute approximate surface area is 177 Å². The molecule has 3 rings (SSSR count). The van der Waals surface area contributed by atoms with Crippen molar-refractivity contribution in [3.05, 3.63) is 48.3 Å². The quantitative estimate of drug-likeness (QED) is 0.297. The van der Waals surface area contributed by atoms with Crippen LogP contribution in [-0.2, 0) is 13.1 Å². The topological polar surface area (TPSA) is 62.7 Å². The highest BCUT2D eigenvalue weighted by Gasteiger charge is 2.28. The van der Waals surface area contributed by atoms with Gasteiger partial charge in [-0.3, -0.25) is 0 Å². The second kappa shape index (κ2) is 9.43. The summed E-state index contributed by atoms with van der Waals surface area (Å²) in [6.45, 7) is 1.48. The number of guanidine groups is 1. The van der Waals surface area contributed by atoms with Crippen LogP contribution in [0.1, 0.15) is 5.82 Å². The molecule has 1 aliphatic heterocycles. The maximum Gasteiger partial charge on any atom is 0.406 e. The Balaban J connectivity index is 0.00000280. The fourth-order valence-electron chi connectivity index (χ4n) is 2.93. The summed E-state index contributed by atoms with van der Waals surface area (Å²) in [5.41, 5.74) is 6.93. The first-order chi connectivity index (χ1) is 12.8. The van der Waals surface area contributed by atoms with Gasteiger partial charge in [0.15, 0.2) is 5.96 Å². The molecule has 0 spiro atoms. The maximum atomic E-state index is 13.0. The minimum Gasteiger partial charge on any atom is -0.370 e. The maximum absolute atomic E-state index is 13.0. The molecule has 0 saturated carbocycles. The molecule has 1 aliphatic rings. The molecule has 0 unspecified atom stereocenters. The molecule has 0 atom stereocenters. The molecular weight excluding hydrogens is 491 g/mol. The van der Waals surface area contributed by atoms with E-state index in [1.165, 1.54) is 24.5 Å². The largest absolute Gasteiger partial charge is 0.406 e. The van der Waals surface area contributed by atoms with Crippen LogP contribution in [0.15, 0.2) is 41.7 Å². The van der Waals surface area contributed by atoms with Gasteiger partial charge < -0.3 is 20.1 Å².